The molecule has 0 bridgehead atoms. The van der Waals surface area contributed by atoms with Crippen molar-refractivity contribution in [2.75, 3.05) is 46.6 Å². The van der Waals surface area contributed by atoms with E-state index in [1.807, 2.05) is 0 Å². The summed E-state index contributed by atoms with van der Waals surface area (Å²) in [6.07, 6.45) is 7.06. The van der Waals surface area contributed by atoms with E-state index in [2.05, 4.69) is 35.6 Å². The summed E-state index contributed by atoms with van der Waals surface area (Å²) in [6.45, 7) is 7.90. The minimum Gasteiger partial charge on any atom is -0.383 e. The lowest BCUT2D eigenvalue weighted by atomic mass is 10.1. The molecule has 1 amide bonds. The fourth-order valence-electron chi connectivity index (χ4n) is 3.83. The molecule has 1 aliphatic heterocycles. The van der Waals surface area contributed by atoms with Gasteiger partial charge in [-0.15, -0.1) is 5.92 Å². The molecule has 0 aromatic carbocycles. The summed E-state index contributed by atoms with van der Waals surface area (Å²) in [7, 11) is -0.741. The molecule has 3 atom stereocenters. The first-order valence-corrected chi connectivity index (χ1v) is 13.5. The number of nitrogens with zero attached hydrogens (tertiary/aromatic N) is 1. The summed E-state index contributed by atoms with van der Waals surface area (Å²) in [4.78, 5) is 12.2. The van der Waals surface area contributed by atoms with Crippen LogP contribution in [0.4, 0.5) is 0 Å². The lowest BCUT2D eigenvalue weighted by Crippen LogP contribution is -2.65. The number of methoxy groups -OCH3 is 1. The lowest BCUT2D eigenvalue weighted by molar-refractivity contribution is -0.126. The van der Waals surface area contributed by atoms with Gasteiger partial charge in [0.25, 0.3) is 0 Å². The Morgan fingerprint density at radius 2 is 2.17 bits per heavy atom. The normalized spacial score (nSPS) is 27.6. The zero-order valence-corrected chi connectivity index (χ0v) is 20.0. The third-order valence-corrected chi connectivity index (χ3v) is 9.31. The van der Waals surface area contributed by atoms with Gasteiger partial charge in [0.05, 0.1) is 12.7 Å². The summed E-state index contributed by atoms with van der Waals surface area (Å²) in [5, 5.41) is 2.97. The Labute approximate surface area is 183 Å². The molecule has 0 saturated carbocycles. The van der Waals surface area contributed by atoms with E-state index in [9.17, 15) is 4.79 Å². The highest BCUT2D eigenvalue weighted by Crippen LogP contribution is 2.26. The number of carbonyl (C=O) groups is 1. The van der Waals surface area contributed by atoms with Crippen molar-refractivity contribution in [3.63, 3.8) is 0 Å². The van der Waals surface area contributed by atoms with Gasteiger partial charge in [0.2, 0.25) is 5.91 Å². The van der Waals surface area contributed by atoms with Crippen LogP contribution >= 0.6 is 0 Å². The molecule has 1 heterocycles. The summed E-state index contributed by atoms with van der Waals surface area (Å²) in [5.41, 5.74) is 0. The monoisotopic (exact) mass is 440 g/mol. The van der Waals surface area contributed by atoms with Crippen molar-refractivity contribution in [2.45, 2.75) is 77.0 Å². The molecule has 0 aromatic heterocycles. The summed E-state index contributed by atoms with van der Waals surface area (Å²) >= 11 is 0. The standard InChI is InChI=1S/C22H40N2O5Si/c1-4-15-28-30(24(5-2)17-21(26-3)18-29-30)16-11-14-23-22(25)19-27-20-12-9-7-6-8-10-13-20/h20-21H,4-9,11-12,14-19H2,1-3H3,(H,23,25). The Kier molecular flexibility index (Phi) is 12.0. The van der Waals surface area contributed by atoms with Crippen LogP contribution in [0.1, 0.15) is 58.8 Å². The van der Waals surface area contributed by atoms with Gasteiger partial charge >= 0.3 is 8.72 Å². The van der Waals surface area contributed by atoms with Gasteiger partial charge in [0, 0.05) is 39.3 Å². The molecule has 8 heteroatoms. The number of likely N-dealkylation sites (N-methyl/N-ethyl adjacent to an activating group) is 1. The van der Waals surface area contributed by atoms with Crippen molar-refractivity contribution >= 4 is 14.6 Å². The van der Waals surface area contributed by atoms with Crippen molar-refractivity contribution in [1.82, 2.24) is 9.88 Å². The molecule has 1 saturated heterocycles. The van der Waals surface area contributed by atoms with E-state index in [0.29, 0.717) is 19.8 Å². The number of rotatable bonds is 12. The van der Waals surface area contributed by atoms with E-state index in [4.69, 9.17) is 18.3 Å². The Hall–Kier alpha value is -0.953. The third kappa shape index (κ3) is 8.29. The first-order chi connectivity index (χ1) is 14.6. The SMILES string of the molecule is CCCO[Si]1(CCCNC(=O)COC2C#CCCCCC2)OCC(OC)CN1CC. The van der Waals surface area contributed by atoms with Gasteiger partial charge in [-0.3, -0.25) is 9.36 Å². The Balaban J connectivity index is 1.75. The lowest BCUT2D eigenvalue weighted by Gasteiger charge is -2.45. The van der Waals surface area contributed by atoms with Gasteiger partial charge in [-0.25, -0.2) is 0 Å². The van der Waals surface area contributed by atoms with E-state index in [1.165, 1.54) is 6.42 Å². The Morgan fingerprint density at radius 3 is 2.93 bits per heavy atom. The summed E-state index contributed by atoms with van der Waals surface area (Å²) in [5.74, 6) is 6.20. The van der Waals surface area contributed by atoms with Crippen LogP contribution in [0.25, 0.3) is 0 Å². The first kappa shape index (κ1) is 25.3. The number of hydrogen-bond acceptors (Lipinski definition) is 6. The average molecular weight is 441 g/mol. The number of carbonyl (C=O) groups excluding carboxylic acids is 1. The highest BCUT2D eigenvalue weighted by Gasteiger charge is 2.48. The van der Waals surface area contributed by atoms with E-state index in [1.54, 1.807) is 7.11 Å². The molecule has 2 rings (SSSR count). The first-order valence-electron chi connectivity index (χ1n) is 11.6. The molecule has 3 unspecified atom stereocenters. The molecule has 0 spiro atoms. The van der Waals surface area contributed by atoms with Crippen molar-refractivity contribution in [3.05, 3.63) is 0 Å². The molecule has 1 N–H and O–H groups in total. The smallest absolute Gasteiger partial charge is 0.383 e. The maximum atomic E-state index is 12.2. The highest BCUT2D eigenvalue weighted by atomic mass is 28.4. The number of ether oxygens (including phenoxy) is 2. The van der Waals surface area contributed by atoms with Gasteiger partial charge in [0.1, 0.15) is 12.7 Å². The van der Waals surface area contributed by atoms with Crippen LogP contribution in [0, 0.1) is 11.8 Å². The average Bonchev–Trinajstić information content (AvgIpc) is 2.74. The minimum absolute atomic E-state index is 0.0708. The second-order valence-electron chi connectivity index (χ2n) is 7.94. The molecule has 172 valence electrons. The topological polar surface area (TPSA) is 69.3 Å². The largest absolute Gasteiger partial charge is 0.428 e. The molecule has 0 radical (unpaired) electrons. The molecule has 1 fully saturated rings. The second-order valence-corrected chi connectivity index (χ2v) is 11.1. The maximum Gasteiger partial charge on any atom is 0.428 e. The fraction of sp³-hybridized carbons (Fsp3) is 0.864. The molecular weight excluding hydrogens is 400 g/mol. The van der Waals surface area contributed by atoms with E-state index < -0.39 is 8.72 Å². The van der Waals surface area contributed by atoms with E-state index in [0.717, 1.165) is 57.7 Å². The second kappa shape index (κ2) is 14.2. The van der Waals surface area contributed by atoms with Crippen LogP contribution in [0.15, 0.2) is 0 Å². The predicted octanol–water partition coefficient (Wildman–Crippen LogP) is 2.58. The van der Waals surface area contributed by atoms with E-state index in [-0.39, 0.29) is 24.7 Å². The van der Waals surface area contributed by atoms with Crippen LogP contribution in [0.3, 0.4) is 0 Å². The van der Waals surface area contributed by atoms with Gasteiger partial charge < -0.3 is 23.6 Å². The van der Waals surface area contributed by atoms with E-state index >= 15 is 0 Å². The number of hydrogen-bond donors (Lipinski definition) is 1. The van der Waals surface area contributed by atoms with Crippen LogP contribution in [0.5, 0.6) is 0 Å². The van der Waals surface area contributed by atoms with Crippen LogP contribution < -0.4 is 5.32 Å². The van der Waals surface area contributed by atoms with Gasteiger partial charge in [-0.05, 0) is 38.6 Å². The molecular formula is C22H40N2O5Si. The van der Waals surface area contributed by atoms with Crippen molar-refractivity contribution in [3.8, 4) is 11.8 Å². The minimum atomic E-state index is -2.47. The number of amides is 1. The molecule has 1 aliphatic carbocycles. The van der Waals surface area contributed by atoms with Crippen molar-refractivity contribution in [1.29, 1.82) is 0 Å². The molecule has 2 aliphatic rings. The molecule has 30 heavy (non-hydrogen) atoms. The molecule has 7 nitrogen and oxygen atoms in total. The maximum absolute atomic E-state index is 12.2. The highest BCUT2D eigenvalue weighted by molar-refractivity contribution is 6.64. The number of nitrogens with one attached hydrogen (secondary N) is 1. The Bertz CT molecular complexity index is 567. The van der Waals surface area contributed by atoms with Crippen molar-refractivity contribution in [2.24, 2.45) is 0 Å². The third-order valence-electron chi connectivity index (χ3n) is 5.59. The zero-order chi connectivity index (χ0) is 21.7. The van der Waals surface area contributed by atoms with Gasteiger partial charge in [-0.1, -0.05) is 26.2 Å². The van der Waals surface area contributed by atoms with Crippen LogP contribution in [-0.4, -0.2) is 78.0 Å². The predicted molar refractivity (Wildman–Crippen MR) is 119 cm³/mol. The Morgan fingerprint density at radius 1 is 1.30 bits per heavy atom. The molecule has 0 aromatic rings. The van der Waals surface area contributed by atoms with Crippen molar-refractivity contribution < 1.29 is 23.1 Å². The quantitative estimate of drug-likeness (QED) is 0.286. The zero-order valence-electron chi connectivity index (χ0n) is 19.0. The van der Waals surface area contributed by atoms with Gasteiger partial charge in [-0.2, -0.15) is 0 Å². The van der Waals surface area contributed by atoms with Crippen LogP contribution in [-0.2, 0) is 23.1 Å². The summed E-state index contributed by atoms with van der Waals surface area (Å²) < 4.78 is 26.1. The fourth-order valence-corrected chi connectivity index (χ4v) is 7.44. The summed E-state index contributed by atoms with van der Waals surface area (Å²) in [6, 6.07) is 0.826. The van der Waals surface area contributed by atoms with Gasteiger partial charge in [0.15, 0.2) is 0 Å². The van der Waals surface area contributed by atoms with Crippen LogP contribution in [0.2, 0.25) is 6.04 Å².